The zero-order valence-corrected chi connectivity index (χ0v) is 9.49. The van der Waals surface area contributed by atoms with Gasteiger partial charge in [0.05, 0.1) is 6.42 Å². The van der Waals surface area contributed by atoms with Crippen molar-refractivity contribution in [3.05, 3.63) is 46.4 Å². The molecule has 0 amide bonds. The van der Waals surface area contributed by atoms with E-state index in [0.29, 0.717) is 0 Å². The molecule has 0 radical (unpaired) electrons. The molecule has 0 unspecified atom stereocenters. The highest BCUT2D eigenvalue weighted by molar-refractivity contribution is 9.10. The first-order valence-electron chi connectivity index (χ1n) is 4.56. The highest BCUT2D eigenvalue weighted by Gasteiger charge is 2.02. The molecule has 0 heterocycles. The van der Waals surface area contributed by atoms with E-state index in [9.17, 15) is 4.79 Å². The Bertz CT molecular complexity index is 520. The summed E-state index contributed by atoms with van der Waals surface area (Å²) in [7, 11) is 0. The minimum Gasteiger partial charge on any atom is -0.481 e. The molecule has 0 aliphatic rings. The van der Waals surface area contributed by atoms with Crippen molar-refractivity contribution < 1.29 is 9.90 Å². The van der Waals surface area contributed by atoms with Crippen molar-refractivity contribution in [1.29, 1.82) is 0 Å². The molecule has 15 heavy (non-hydrogen) atoms. The number of fused-ring (bicyclic) bond motifs is 1. The fourth-order valence-corrected chi connectivity index (χ4v) is 2.09. The SMILES string of the molecule is O=C(O)Cc1ccc2c(Br)cccc2c1. The van der Waals surface area contributed by atoms with E-state index in [-0.39, 0.29) is 6.42 Å². The van der Waals surface area contributed by atoms with Crippen molar-refractivity contribution in [2.75, 3.05) is 0 Å². The van der Waals surface area contributed by atoms with Gasteiger partial charge in [-0.3, -0.25) is 4.79 Å². The lowest BCUT2D eigenvalue weighted by Crippen LogP contribution is -1.99. The minimum atomic E-state index is -0.802. The van der Waals surface area contributed by atoms with Gasteiger partial charge < -0.3 is 5.11 Å². The summed E-state index contributed by atoms with van der Waals surface area (Å²) in [6, 6.07) is 11.6. The van der Waals surface area contributed by atoms with Crippen LogP contribution < -0.4 is 0 Å². The summed E-state index contributed by atoms with van der Waals surface area (Å²) in [5.41, 5.74) is 0.827. The van der Waals surface area contributed by atoms with Gasteiger partial charge in [-0.25, -0.2) is 0 Å². The van der Waals surface area contributed by atoms with Crippen LogP contribution in [0, 0.1) is 0 Å². The number of benzene rings is 2. The van der Waals surface area contributed by atoms with Gasteiger partial charge in [0, 0.05) is 4.47 Å². The molecule has 0 saturated carbocycles. The van der Waals surface area contributed by atoms with Gasteiger partial charge >= 0.3 is 5.97 Å². The van der Waals surface area contributed by atoms with Crippen LogP contribution in [0.25, 0.3) is 10.8 Å². The molecule has 0 aliphatic carbocycles. The van der Waals surface area contributed by atoms with Crippen LogP contribution in [-0.2, 0) is 11.2 Å². The molecular formula is C12H9BrO2. The Morgan fingerprint density at radius 2 is 2.07 bits per heavy atom. The van der Waals surface area contributed by atoms with Gasteiger partial charge in [0.1, 0.15) is 0 Å². The Morgan fingerprint density at radius 1 is 1.27 bits per heavy atom. The van der Waals surface area contributed by atoms with Gasteiger partial charge in [0.2, 0.25) is 0 Å². The second-order valence-electron chi connectivity index (χ2n) is 3.37. The normalized spacial score (nSPS) is 10.5. The van der Waals surface area contributed by atoms with Crippen LogP contribution in [0.2, 0.25) is 0 Å². The third-order valence-electron chi connectivity index (χ3n) is 2.25. The van der Waals surface area contributed by atoms with Gasteiger partial charge in [-0.2, -0.15) is 0 Å². The molecule has 0 spiro atoms. The van der Waals surface area contributed by atoms with Gasteiger partial charge in [-0.05, 0) is 22.4 Å². The highest BCUT2D eigenvalue weighted by Crippen LogP contribution is 2.24. The molecule has 3 heteroatoms. The summed E-state index contributed by atoms with van der Waals surface area (Å²) in [4.78, 5) is 10.6. The molecular weight excluding hydrogens is 256 g/mol. The lowest BCUT2D eigenvalue weighted by atomic mass is 10.1. The molecule has 1 N–H and O–H groups in total. The monoisotopic (exact) mass is 264 g/mol. The second kappa shape index (κ2) is 4.03. The number of hydrogen-bond donors (Lipinski definition) is 1. The van der Waals surface area contributed by atoms with E-state index >= 15 is 0 Å². The maximum absolute atomic E-state index is 10.6. The van der Waals surface area contributed by atoms with Crippen LogP contribution in [0.15, 0.2) is 40.9 Å². The van der Waals surface area contributed by atoms with Crippen LogP contribution in [0.5, 0.6) is 0 Å². The maximum Gasteiger partial charge on any atom is 0.307 e. The van der Waals surface area contributed by atoms with E-state index in [1.54, 1.807) is 0 Å². The summed E-state index contributed by atoms with van der Waals surface area (Å²) in [6.45, 7) is 0. The molecule has 0 saturated heterocycles. The Balaban J connectivity index is 2.52. The Hall–Kier alpha value is -1.35. The fraction of sp³-hybridized carbons (Fsp3) is 0.0833. The van der Waals surface area contributed by atoms with E-state index in [2.05, 4.69) is 15.9 Å². The smallest absolute Gasteiger partial charge is 0.307 e. The molecule has 0 aromatic heterocycles. The first-order chi connectivity index (χ1) is 7.16. The van der Waals surface area contributed by atoms with E-state index in [1.807, 2.05) is 36.4 Å². The Kier molecular flexibility index (Phi) is 2.73. The number of hydrogen-bond acceptors (Lipinski definition) is 1. The quantitative estimate of drug-likeness (QED) is 0.905. The fourth-order valence-electron chi connectivity index (χ4n) is 1.58. The van der Waals surface area contributed by atoms with Crippen LogP contribution in [0.4, 0.5) is 0 Å². The summed E-state index contributed by atoms with van der Waals surface area (Å²) in [6.07, 6.45) is 0.0719. The van der Waals surface area contributed by atoms with Crippen molar-refractivity contribution in [2.24, 2.45) is 0 Å². The van der Waals surface area contributed by atoms with Crippen LogP contribution in [0.3, 0.4) is 0 Å². The number of carboxylic acid groups (broad SMARTS) is 1. The van der Waals surface area contributed by atoms with Gasteiger partial charge in [0.25, 0.3) is 0 Å². The third kappa shape index (κ3) is 2.18. The highest BCUT2D eigenvalue weighted by atomic mass is 79.9. The Morgan fingerprint density at radius 3 is 2.80 bits per heavy atom. The lowest BCUT2D eigenvalue weighted by molar-refractivity contribution is -0.136. The first-order valence-corrected chi connectivity index (χ1v) is 5.35. The summed E-state index contributed by atoms with van der Waals surface area (Å²) < 4.78 is 1.03. The molecule has 0 atom stereocenters. The summed E-state index contributed by atoms with van der Waals surface area (Å²) in [5.74, 6) is -0.802. The number of rotatable bonds is 2. The average molecular weight is 265 g/mol. The predicted molar refractivity (Wildman–Crippen MR) is 63.0 cm³/mol. The number of aliphatic carboxylic acids is 1. The Labute approximate surface area is 95.7 Å². The standard InChI is InChI=1S/C12H9BrO2/c13-11-3-1-2-9-6-8(7-12(14)15)4-5-10(9)11/h1-6H,7H2,(H,14,15). The van der Waals surface area contributed by atoms with E-state index in [1.165, 1.54) is 0 Å². The number of halogens is 1. The molecule has 2 nitrogen and oxygen atoms in total. The van der Waals surface area contributed by atoms with E-state index in [0.717, 1.165) is 20.8 Å². The lowest BCUT2D eigenvalue weighted by Gasteiger charge is -2.02. The topological polar surface area (TPSA) is 37.3 Å². The molecule has 2 aromatic carbocycles. The molecule has 2 rings (SSSR count). The largest absolute Gasteiger partial charge is 0.481 e. The van der Waals surface area contributed by atoms with Crippen molar-refractivity contribution >= 4 is 32.7 Å². The van der Waals surface area contributed by atoms with Crippen molar-refractivity contribution in [2.45, 2.75) is 6.42 Å². The number of carboxylic acids is 1. The second-order valence-corrected chi connectivity index (χ2v) is 4.22. The number of carbonyl (C=O) groups is 1. The van der Waals surface area contributed by atoms with Crippen LogP contribution in [0.1, 0.15) is 5.56 Å². The molecule has 0 fully saturated rings. The molecule has 0 aliphatic heterocycles. The van der Waals surface area contributed by atoms with Crippen molar-refractivity contribution in [3.63, 3.8) is 0 Å². The van der Waals surface area contributed by atoms with E-state index in [4.69, 9.17) is 5.11 Å². The van der Waals surface area contributed by atoms with Gasteiger partial charge in [-0.15, -0.1) is 0 Å². The van der Waals surface area contributed by atoms with Crippen LogP contribution in [-0.4, -0.2) is 11.1 Å². The van der Waals surface area contributed by atoms with Crippen molar-refractivity contribution in [3.8, 4) is 0 Å². The third-order valence-corrected chi connectivity index (χ3v) is 2.94. The van der Waals surface area contributed by atoms with Gasteiger partial charge in [-0.1, -0.05) is 46.3 Å². The van der Waals surface area contributed by atoms with Crippen LogP contribution >= 0.6 is 15.9 Å². The predicted octanol–water partition coefficient (Wildman–Crippen LogP) is 3.23. The molecule has 2 aromatic rings. The maximum atomic E-state index is 10.6. The molecule has 0 bridgehead atoms. The zero-order chi connectivity index (χ0) is 10.8. The van der Waals surface area contributed by atoms with E-state index < -0.39 is 5.97 Å². The minimum absolute atomic E-state index is 0.0719. The first kappa shape index (κ1) is 10.2. The zero-order valence-electron chi connectivity index (χ0n) is 7.90. The molecule has 76 valence electrons. The van der Waals surface area contributed by atoms with Crippen molar-refractivity contribution in [1.82, 2.24) is 0 Å². The van der Waals surface area contributed by atoms with Gasteiger partial charge in [0.15, 0.2) is 0 Å². The summed E-state index contributed by atoms with van der Waals surface area (Å²) >= 11 is 3.46. The summed E-state index contributed by atoms with van der Waals surface area (Å²) in [5, 5.41) is 10.8. The average Bonchev–Trinajstić information content (AvgIpc) is 2.17.